The second-order valence-electron chi connectivity index (χ2n) is 7.36. The molecule has 1 unspecified atom stereocenters. The third-order valence-corrected chi connectivity index (χ3v) is 5.66. The van der Waals surface area contributed by atoms with Crippen LogP contribution in [0.3, 0.4) is 0 Å². The topological polar surface area (TPSA) is 86.5 Å². The number of aromatic nitrogens is 2. The SMILES string of the molecule is CCCOc1ccc(C(C)NC(=O)CSc2nnc(-c3ccc(Cl)cc3)o2)cc1OCCC. The number of rotatable bonds is 12. The van der Waals surface area contributed by atoms with Crippen molar-refractivity contribution in [3.8, 4) is 23.0 Å². The fourth-order valence-corrected chi connectivity index (χ4v) is 3.62. The molecule has 3 aromatic rings. The Morgan fingerprint density at radius 2 is 1.76 bits per heavy atom. The van der Waals surface area contributed by atoms with Crippen molar-refractivity contribution in [1.29, 1.82) is 0 Å². The summed E-state index contributed by atoms with van der Waals surface area (Å²) in [5.41, 5.74) is 1.70. The van der Waals surface area contributed by atoms with Crippen LogP contribution in [0, 0.1) is 0 Å². The van der Waals surface area contributed by atoms with Crippen molar-refractivity contribution < 1.29 is 18.7 Å². The second kappa shape index (κ2) is 12.5. The number of nitrogens with one attached hydrogen (secondary N) is 1. The average Bonchev–Trinajstić information content (AvgIpc) is 3.29. The van der Waals surface area contributed by atoms with Gasteiger partial charge in [0.05, 0.1) is 25.0 Å². The molecule has 0 fully saturated rings. The number of thioether (sulfide) groups is 1. The highest BCUT2D eigenvalue weighted by Crippen LogP contribution is 2.31. The Morgan fingerprint density at radius 1 is 1.06 bits per heavy atom. The van der Waals surface area contributed by atoms with Gasteiger partial charge in [-0.15, -0.1) is 10.2 Å². The Morgan fingerprint density at radius 3 is 2.45 bits per heavy atom. The van der Waals surface area contributed by atoms with E-state index in [4.69, 9.17) is 25.5 Å². The molecular formula is C24H28ClN3O4S. The van der Waals surface area contributed by atoms with Crippen molar-refractivity contribution >= 4 is 29.3 Å². The van der Waals surface area contributed by atoms with Crippen molar-refractivity contribution in [1.82, 2.24) is 15.5 Å². The van der Waals surface area contributed by atoms with Gasteiger partial charge in [-0.25, -0.2) is 0 Å². The number of nitrogens with zero attached hydrogens (tertiary/aromatic N) is 2. The number of amides is 1. The first-order valence-corrected chi connectivity index (χ1v) is 12.3. The molecule has 0 aliphatic carbocycles. The maximum Gasteiger partial charge on any atom is 0.277 e. The standard InChI is InChI=1S/C24H28ClN3O4S/c1-4-12-30-20-11-8-18(14-21(20)31-13-5-2)16(3)26-22(29)15-33-24-28-27-23(32-24)17-6-9-19(25)10-7-17/h6-11,14,16H,4-5,12-13,15H2,1-3H3,(H,26,29). The van der Waals surface area contributed by atoms with E-state index in [1.54, 1.807) is 24.3 Å². The lowest BCUT2D eigenvalue weighted by atomic mass is 10.1. The molecule has 3 rings (SSSR count). The zero-order valence-corrected chi connectivity index (χ0v) is 20.5. The Balaban J connectivity index is 1.56. The van der Waals surface area contributed by atoms with Gasteiger partial charge in [-0.1, -0.05) is 43.3 Å². The fourth-order valence-electron chi connectivity index (χ4n) is 2.92. The number of carbonyl (C=O) groups excluding carboxylic acids is 1. The number of ether oxygens (including phenoxy) is 2. The molecule has 0 saturated carbocycles. The number of carbonyl (C=O) groups is 1. The van der Waals surface area contributed by atoms with E-state index in [0.29, 0.717) is 35.1 Å². The number of halogens is 1. The Kier molecular flexibility index (Phi) is 9.45. The molecule has 1 heterocycles. The van der Waals surface area contributed by atoms with Gasteiger partial charge in [0.25, 0.3) is 5.22 Å². The first-order chi connectivity index (χ1) is 16.0. The van der Waals surface area contributed by atoms with Gasteiger partial charge >= 0.3 is 0 Å². The summed E-state index contributed by atoms with van der Waals surface area (Å²) in [5.74, 6) is 1.81. The molecule has 0 radical (unpaired) electrons. The van der Waals surface area contributed by atoms with Crippen molar-refractivity contribution in [3.63, 3.8) is 0 Å². The van der Waals surface area contributed by atoms with Crippen LogP contribution in [0.4, 0.5) is 0 Å². The summed E-state index contributed by atoms with van der Waals surface area (Å²) in [6.45, 7) is 7.27. The normalized spacial score (nSPS) is 11.8. The molecule has 0 aliphatic heterocycles. The summed E-state index contributed by atoms with van der Waals surface area (Å²) in [6.07, 6.45) is 1.82. The van der Waals surface area contributed by atoms with Crippen molar-refractivity contribution in [2.45, 2.75) is 44.9 Å². The predicted molar refractivity (Wildman–Crippen MR) is 130 cm³/mol. The summed E-state index contributed by atoms with van der Waals surface area (Å²) < 4.78 is 17.3. The van der Waals surface area contributed by atoms with Gasteiger partial charge in [-0.3, -0.25) is 4.79 Å². The summed E-state index contributed by atoms with van der Waals surface area (Å²) in [5, 5.41) is 12.0. The number of benzene rings is 2. The van der Waals surface area contributed by atoms with Gasteiger partial charge in [0.2, 0.25) is 11.8 Å². The molecule has 2 aromatic carbocycles. The minimum atomic E-state index is -0.199. The Labute approximate surface area is 203 Å². The second-order valence-corrected chi connectivity index (χ2v) is 8.72. The van der Waals surface area contributed by atoms with Crippen LogP contribution in [-0.4, -0.2) is 35.1 Å². The summed E-state index contributed by atoms with van der Waals surface area (Å²) in [6, 6.07) is 12.7. The van der Waals surface area contributed by atoms with E-state index in [1.165, 1.54) is 11.8 Å². The molecule has 176 valence electrons. The van der Waals surface area contributed by atoms with Crippen LogP contribution in [0.25, 0.3) is 11.5 Å². The molecule has 1 atom stereocenters. The maximum atomic E-state index is 12.5. The molecule has 9 heteroatoms. The van der Waals surface area contributed by atoms with E-state index in [-0.39, 0.29) is 17.7 Å². The zero-order chi connectivity index (χ0) is 23.6. The quantitative estimate of drug-likeness (QED) is 0.315. The van der Waals surface area contributed by atoms with Crippen LogP contribution in [0.2, 0.25) is 5.02 Å². The molecule has 0 saturated heterocycles. The molecule has 0 bridgehead atoms. The van der Waals surface area contributed by atoms with E-state index >= 15 is 0 Å². The largest absolute Gasteiger partial charge is 0.490 e. The van der Waals surface area contributed by atoms with E-state index in [9.17, 15) is 4.79 Å². The highest BCUT2D eigenvalue weighted by Gasteiger charge is 2.16. The van der Waals surface area contributed by atoms with Gasteiger partial charge in [0.1, 0.15) is 0 Å². The minimum absolute atomic E-state index is 0.138. The van der Waals surface area contributed by atoms with Crippen LogP contribution in [0.1, 0.15) is 45.2 Å². The minimum Gasteiger partial charge on any atom is -0.490 e. The molecule has 1 aromatic heterocycles. The van der Waals surface area contributed by atoms with Gasteiger partial charge in [-0.05, 0) is 61.7 Å². The Hall–Kier alpha value is -2.71. The van der Waals surface area contributed by atoms with Gasteiger partial charge in [0.15, 0.2) is 11.5 Å². The Bertz CT molecular complexity index is 1040. The highest BCUT2D eigenvalue weighted by molar-refractivity contribution is 7.99. The molecule has 1 amide bonds. The van der Waals surface area contributed by atoms with Crippen molar-refractivity contribution in [2.24, 2.45) is 0 Å². The van der Waals surface area contributed by atoms with Gasteiger partial charge < -0.3 is 19.2 Å². The van der Waals surface area contributed by atoms with Gasteiger partial charge in [-0.2, -0.15) is 0 Å². The van der Waals surface area contributed by atoms with Gasteiger partial charge in [0, 0.05) is 10.6 Å². The third-order valence-electron chi connectivity index (χ3n) is 4.59. The first kappa shape index (κ1) is 24.9. The first-order valence-electron chi connectivity index (χ1n) is 10.9. The summed E-state index contributed by atoms with van der Waals surface area (Å²) in [7, 11) is 0. The monoisotopic (exact) mass is 489 g/mol. The average molecular weight is 490 g/mol. The van der Waals surface area contributed by atoms with Crippen LogP contribution in [0.15, 0.2) is 52.1 Å². The summed E-state index contributed by atoms with van der Waals surface area (Å²) in [4.78, 5) is 12.5. The van der Waals surface area contributed by atoms with Crippen molar-refractivity contribution in [3.05, 3.63) is 53.1 Å². The highest BCUT2D eigenvalue weighted by atomic mass is 35.5. The van der Waals surface area contributed by atoms with E-state index < -0.39 is 0 Å². The third kappa shape index (κ3) is 7.40. The van der Waals surface area contributed by atoms with Crippen LogP contribution >= 0.6 is 23.4 Å². The van der Waals surface area contributed by atoms with Crippen LogP contribution in [-0.2, 0) is 4.79 Å². The lowest BCUT2D eigenvalue weighted by molar-refractivity contribution is -0.119. The maximum absolute atomic E-state index is 12.5. The van der Waals surface area contributed by atoms with Crippen LogP contribution < -0.4 is 14.8 Å². The lowest BCUT2D eigenvalue weighted by Crippen LogP contribution is -2.28. The molecule has 7 nitrogen and oxygen atoms in total. The van der Waals surface area contributed by atoms with E-state index in [0.717, 1.165) is 29.7 Å². The lowest BCUT2D eigenvalue weighted by Gasteiger charge is -2.18. The predicted octanol–water partition coefficient (Wildman–Crippen LogP) is 5.94. The molecular weight excluding hydrogens is 462 g/mol. The van der Waals surface area contributed by atoms with Crippen molar-refractivity contribution in [2.75, 3.05) is 19.0 Å². The van der Waals surface area contributed by atoms with E-state index in [1.807, 2.05) is 25.1 Å². The molecule has 33 heavy (non-hydrogen) atoms. The molecule has 0 aliphatic rings. The number of hydrogen-bond acceptors (Lipinski definition) is 7. The smallest absolute Gasteiger partial charge is 0.277 e. The molecule has 1 N–H and O–H groups in total. The van der Waals surface area contributed by atoms with E-state index in [2.05, 4.69) is 29.4 Å². The molecule has 0 spiro atoms. The zero-order valence-electron chi connectivity index (χ0n) is 19.0. The fraction of sp³-hybridized carbons (Fsp3) is 0.375. The summed E-state index contributed by atoms with van der Waals surface area (Å²) >= 11 is 7.09. The number of hydrogen-bond donors (Lipinski definition) is 1. The van der Waals surface area contributed by atoms with Crippen LogP contribution in [0.5, 0.6) is 11.5 Å².